The van der Waals surface area contributed by atoms with Crippen LogP contribution < -0.4 is 10.3 Å². The summed E-state index contributed by atoms with van der Waals surface area (Å²) in [5.74, 6) is -0.961. The lowest BCUT2D eigenvalue weighted by atomic mass is 10.1. The van der Waals surface area contributed by atoms with E-state index in [9.17, 15) is 22.0 Å². The first-order valence-electron chi connectivity index (χ1n) is 10.8. The number of pyridine rings is 2. The third-order valence-electron chi connectivity index (χ3n) is 5.71. The van der Waals surface area contributed by atoms with Gasteiger partial charge in [-0.1, -0.05) is 17.7 Å². The summed E-state index contributed by atoms with van der Waals surface area (Å²) in [6.45, 7) is 1.83. The molecule has 10 heteroatoms. The van der Waals surface area contributed by atoms with Gasteiger partial charge in [-0.25, -0.2) is 26.2 Å². The fourth-order valence-electron chi connectivity index (χ4n) is 3.84. The van der Waals surface area contributed by atoms with Crippen molar-refractivity contribution in [1.29, 1.82) is 0 Å². The van der Waals surface area contributed by atoms with E-state index in [0.29, 0.717) is 0 Å². The molecule has 0 saturated heterocycles. The third kappa shape index (κ3) is 4.05. The van der Waals surface area contributed by atoms with Gasteiger partial charge >= 0.3 is 0 Å². The molecular weight excluding hydrogens is 488 g/mol. The Morgan fingerprint density at radius 2 is 1.61 bits per heavy atom. The summed E-state index contributed by atoms with van der Waals surface area (Å²) < 4.78 is 62.8. The van der Waals surface area contributed by atoms with Crippen LogP contribution in [0.1, 0.15) is 5.56 Å². The Hall–Kier alpha value is -4.31. The number of hydrogen-bond donors (Lipinski definition) is 0. The molecule has 0 aliphatic carbocycles. The van der Waals surface area contributed by atoms with E-state index in [4.69, 9.17) is 4.74 Å². The van der Waals surface area contributed by atoms with Gasteiger partial charge in [0.05, 0.1) is 11.1 Å². The summed E-state index contributed by atoms with van der Waals surface area (Å²) in [5, 5.41) is 0.269. The lowest BCUT2D eigenvalue weighted by Gasteiger charge is -2.10. The smallest absolute Gasteiger partial charge is 0.275 e. The maximum atomic E-state index is 14.4. The van der Waals surface area contributed by atoms with Crippen molar-refractivity contribution >= 4 is 20.9 Å². The van der Waals surface area contributed by atoms with Gasteiger partial charge in [0.1, 0.15) is 22.9 Å². The topological polar surface area (TPSA) is 83.2 Å². The average molecular weight is 508 g/mol. The summed E-state index contributed by atoms with van der Waals surface area (Å²) in [5.41, 5.74) is 0.557. The molecule has 0 aliphatic heterocycles. The zero-order valence-corrected chi connectivity index (χ0v) is 20.0. The molecule has 3 heterocycles. The largest absolute Gasteiger partial charge is 0.438 e. The quantitative estimate of drug-likeness (QED) is 0.334. The van der Waals surface area contributed by atoms with Crippen molar-refractivity contribution in [3.05, 3.63) is 107 Å². The second-order valence-corrected chi connectivity index (χ2v) is 10.0. The van der Waals surface area contributed by atoms with Crippen molar-refractivity contribution < 1.29 is 21.9 Å². The molecule has 3 aromatic heterocycles. The molecule has 0 atom stereocenters. The van der Waals surface area contributed by atoms with Crippen LogP contribution >= 0.6 is 0 Å². The van der Waals surface area contributed by atoms with Crippen LogP contribution in [-0.2, 0) is 17.1 Å². The zero-order chi connectivity index (χ0) is 25.6. The van der Waals surface area contributed by atoms with Crippen LogP contribution in [0.25, 0.3) is 22.0 Å². The summed E-state index contributed by atoms with van der Waals surface area (Å²) in [7, 11) is -2.68. The van der Waals surface area contributed by atoms with E-state index in [1.54, 1.807) is 18.2 Å². The molecule has 0 amide bonds. The Bertz CT molecular complexity index is 1780. The highest BCUT2D eigenvalue weighted by molar-refractivity contribution is 7.90. The Balaban J connectivity index is 1.77. The van der Waals surface area contributed by atoms with Crippen molar-refractivity contribution in [2.45, 2.75) is 11.8 Å². The summed E-state index contributed by atoms with van der Waals surface area (Å²) in [6, 6.07) is 14.1. The first-order valence-corrected chi connectivity index (χ1v) is 12.2. The first-order chi connectivity index (χ1) is 17.1. The number of ether oxygens (including phenoxy) is 1. The lowest BCUT2D eigenvalue weighted by Crippen LogP contribution is -2.21. The molecule has 0 unspecified atom stereocenters. The molecule has 0 fully saturated rings. The van der Waals surface area contributed by atoms with Crippen LogP contribution in [0.15, 0.2) is 88.9 Å². The molecule has 182 valence electrons. The minimum Gasteiger partial charge on any atom is -0.438 e. The van der Waals surface area contributed by atoms with Crippen molar-refractivity contribution in [3.8, 4) is 22.8 Å². The van der Waals surface area contributed by atoms with Crippen LogP contribution in [0, 0.1) is 18.6 Å². The van der Waals surface area contributed by atoms with Gasteiger partial charge in [-0.05, 0) is 55.5 Å². The molecule has 0 saturated carbocycles. The molecule has 0 bridgehead atoms. The van der Waals surface area contributed by atoms with Crippen LogP contribution in [-0.4, -0.2) is 21.9 Å². The van der Waals surface area contributed by atoms with Gasteiger partial charge in [0, 0.05) is 36.0 Å². The molecule has 0 spiro atoms. The van der Waals surface area contributed by atoms with E-state index in [0.717, 1.165) is 21.8 Å². The van der Waals surface area contributed by atoms with Gasteiger partial charge in [-0.15, -0.1) is 0 Å². The molecule has 2 aromatic carbocycles. The van der Waals surface area contributed by atoms with Gasteiger partial charge in [0.15, 0.2) is 0 Å². The number of halogens is 2. The predicted octanol–water partition coefficient (Wildman–Crippen LogP) is 5.02. The fraction of sp³-hybridized carbons (Fsp3) is 0.0769. The SMILES string of the molecule is Cc1ccc(S(=O)(=O)n2cc(-c3cc(F)cnc3Oc3ccc(F)cc3)c3ccn(C)c(=O)c32)cc1. The highest BCUT2D eigenvalue weighted by Gasteiger charge is 2.26. The second-order valence-electron chi connectivity index (χ2n) is 8.21. The minimum atomic E-state index is -4.19. The Morgan fingerprint density at radius 3 is 2.31 bits per heavy atom. The standard InChI is InChI=1S/C26H19F2N3O4S/c1-16-3-9-20(10-4-16)36(33,34)31-15-23(21-11-12-30(2)26(32)24(21)31)22-13-18(28)14-29-25(22)35-19-7-5-17(27)6-8-19/h3-15H,1-2H3. The molecular formula is C26H19F2N3O4S. The fourth-order valence-corrected chi connectivity index (χ4v) is 5.21. The Kier molecular flexibility index (Phi) is 5.68. The van der Waals surface area contributed by atoms with Gasteiger partial charge in [0.2, 0.25) is 5.88 Å². The predicted molar refractivity (Wildman–Crippen MR) is 131 cm³/mol. The number of hydrogen-bond acceptors (Lipinski definition) is 5. The Morgan fingerprint density at radius 1 is 0.917 bits per heavy atom. The zero-order valence-electron chi connectivity index (χ0n) is 19.1. The number of aromatic nitrogens is 3. The van der Waals surface area contributed by atoms with E-state index < -0.39 is 27.2 Å². The van der Waals surface area contributed by atoms with Crippen molar-refractivity contribution in [1.82, 2.24) is 13.5 Å². The van der Waals surface area contributed by atoms with Crippen LogP contribution in [0.3, 0.4) is 0 Å². The average Bonchev–Trinajstić information content (AvgIpc) is 3.25. The lowest BCUT2D eigenvalue weighted by molar-refractivity contribution is 0.460. The number of fused-ring (bicyclic) bond motifs is 1. The molecule has 0 radical (unpaired) electrons. The van der Waals surface area contributed by atoms with Crippen LogP contribution in [0.5, 0.6) is 11.6 Å². The van der Waals surface area contributed by atoms with Gasteiger partial charge in [0.25, 0.3) is 15.6 Å². The van der Waals surface area contributed by atoms with Crippen molar-refractivity contribution in [2.75, 3.05) is 0 Å². The van der Waals surface area contributed by atoms with Crippen LogP contribution in [0.4, 0.5) is 8.78 Å². The molecule has 0 aliphatic rings. The van der Waals surface area contributed by atoms with Crippen molar-refractivity contribution in [2.24, 2.45) is 7.05 Å². The van der Waals surface area contributed by atoms with Crippen molar-refractivity contribution in [3.63, 3.8) is 0 Å². The molecule has 7 nitrogen and oxygen atoms in total. The first kappa shape index (κ1) is 23.4. The summed E-state index contributed by atoms with van der Waals surface area (Å²) in [4.78, 5) is 17.1. The number of rotatable bonds is 5. The third-order valence-corrected chi connectivity index (χ3v) is 7.39. The number of nitrogens with zero attached hydrogens (tertiary/aromatic N) is 3. The normalized spacial score (nSPS) is 11.7. The molecule has 36 heavy (non-hydrogen) atoms. The van der Waals surface area contributed by atoms with Gasteiger partial charge in [-0.3, -0.25) is 4.79 Å². The van der Waals surface area contributed by atoms with E-state index >= 15 is 0 Å². The Labute approximate surface area is 204 Å². The number of benzene rings is 2. The summed E-state index contributed by atoms with van der Waals surface area (Å²) in [6.07, 6.45) is 3.70. The van der Waals surface area contributed by atoms with Gasteiger partial charge in [-0.2, -0.15) is 0 Å². The molecule has 5 aromatic rings. The van der Waals surface area contributed by atoms with E-state index in [1.165, 1.54) is 60.4 Å². The minimum absolute atomic E-state index is 0.0115. The highest BCUT2D eigenvalue weighted by atomic mass is 32.2. The number of aryl methyl sites for hydroxylation is 2. The van der Waals surface area contributed by atoms with E-state index in [-0.39, 0.29) is 38.6 Å². The summed E-state index contributed by atoms with van der Waals surface area (Å²) >= 11 is 0. The second kappa shape index (κ2) is 8.72. The van der Waals surface area contributed by atoms with E-state index in [2.05, 4.69) is 4.98 Å². The monoisotopic (exact) mass is 507 g/mol. The maximum absolute atomic E-state index is 14.4. The highest BCUT2D eigenvalue weighted by Crippen LogP contribution is 2.38. The van der Waals surface area contributed by atoms with E-state index in [1.807, 2.05) is 6.92 Å². The maximum Gasteiger partial charge on any atom is 0.275 e. The van der Waals surface area contributed by atoms with Gasteiger partial charge < -0.3 is 9.30 Å². The molecule has 5 rings (SSSR count). The molecule has 0 N–H and O–H groups in total. The van der Waals surface area contributed by atoms with Crippen LogP contribution in [0.2, 0.25) is 0 Å².